The molecule has 7 heteroatoms. The highest BCUT2D eigenvalue weighted by molar-refractivity contribution is 7.97. The van der Waals surface area contributed by atoms with Crippen molar-refractivity contribution >= 4 is 35.0 Å². The molecule has 18 heavy (non-hydrogen) atoms. The third-order valence-corrected chi connectivity index (χ3v) is 2.65. The molecule has 0 fully saturated rings. The van der Waals surface area contributed by atoms with Gasteiger partial charge < -0.3 is 10.5 Å². The van der Waals surface area contributed by atoms with E-state index in [1.165, 1.54) is 11.9 Å². The van der Waals surface area contributed by atoms with E-state index in [0.29, 0.717) is 5.69 Å². The summed E-state index contributed by atoms with van der Waals surface area (Å²) in [5.74, 6) is -1.34. The van der Waals surface area contributed by atoms with Gasteiger partial charge in [0.15, 0.2) is 5.78 Å². The second kappa shape index (κ2) is 6.77. The predicted molar refractivity (Wildman–Crippen MR) is 69.9 cm³/mol. The molecule has 0 heterocycles. The van der Waals surface area contributed by atoms with Gasteiger partial charge in [-0.2, -0.15) is 0 Å². The van der Waals surface area contributed by atoms with Crippen LogP contribution in [0.1, 0.15) is 6.92 Å². The van der Waals surface area contributed by atoms with Crippen molar-refractivity contribution in [2.75, 3.05) is 12.4 Å². The standard InChI is InChI=1S/C11H13N3O3S/c1-7(15)10(14-17)11(16)13-8-4-3-5-9(6-8)18-12-2/h3-6,12,17H,1-2H3,(H,13,16)/b14-10-. The summed E-state index contributed by atoms with van der Waals surface area (Å²) >= 11 is 1.39. The van der Waals surface area contributed by atoms with E-state index in [1.54, 1.807) is 25.2 Å². The van der Waals surface area contributed by atoms with Gasteiger partial charge in [-0.25, -0.2) is 0 Å². The van der Waals surface area contributed by atoms with E-state index in [1.807, 2.05) is 6.07 Å². The quantitative estimate of drug-likeness (QED) is 0.246. The molecule has 0 saturated heterocycles. The Hall–Kier alpha value is -1.86. The van der Waals surface area contributed by atoms with E-state index in [2.05, 4.69) is 15.2 Å². The van der Waals surface area contributed by atoms with Crippen molar-refractivity contribution in [3.8, 4) is 0 Å². The summed E-state index contributed by atoms with van der Waals surface area (Å²) in [7, 11) is 1.78. The predicted octanol–water partition coefficient (Wildman–Crippen LogP) is 1.27. The van der Waals surface area contributed by atoms with Crippen LogP contribution in [0.3, 0.4) is 0 Å². The first-order chi connectivity index (χ1) is 8.58. The first-order valence-corrected chi connectivity index (χ1v) is 5.88. The Morgan fingerprint density at radius 3 is 2.67 bits per heavy atom. The number of amides is 1. The first-order valence-electron chi connectivity index (χ1n) is 5.06. The highest BCUT2D eigenvalue weighted by Gasteiger charge is 2.17. The number of rotatable bonds is 5. The third kappa shape index (κ3) is 3.86. The monoisotopic (exact) mass is 267 g/mol. The van der Waals surface area contributed by atoms with E-state index < -0.39 is 17.4 Å². The smallest absolute Gasteiger partial charge is 0.281 e. The van der Waals surface area contributed by atoms with Gasteiger partial charge in [0.1, 0.15) is 0 Å². The largest absolute Gasteiger partial charge is 0.410 e. The molecule has 1 aromatic rings. The minimum absolute atomic E-state index is 0.516. The molecule has 0 spiro atoms. The number of oxime groups is 1. The van der Waals surface area contributed by atoms with Gasteiger partial charge in [-0.1, -0.05) is 11.2 Å². The molecule has 0 aliphatic carbocycles. The highest BCUT2D eigenvalue weighted by Crippen LogP contribution is 2.18. The molecular formula is C11H13N3O3S. The molecular weight excluding hydrogens is 254 g/mol. The SMILES string of the molecule is CNSc1cccc(NC(=O)/C(=N\O)C(C)=O)c1. The lowest BCUT2D eigenvalue weighted by atomic mass is 10.2. The van der Waals surface area contributed by atoms with Crippen molar-refractivity contribution in [2.24, 2.45) is 5.16 Å². The van der Waals surface area contributed by atoms with Gasteiger partial charge in [0.25, 0.3) is 5.91 Å². The molecule has 0 radical (unpaired) electrons. The maximum atomic E-state index is 11.6. The van der Waals surface area contributed by atoms with Gasteiger partial charge in [0, 0.05) is 17.5 Å². The zero-order valence-electron chi connectivity index (χ0n) is 9.93. The van der Waals surface area contributed by atoms with Gasteiger partial charge in [-0.05, 0) is 37.2 Å². The maximum Gasteiger partial charge on any atom is 0.281 e. The number of anilines is 1. The van der Waals surface area contributed by atoms with E-state index >= 15 is 0 Å². The highest BCUT2D eigenvalue weighted by atomic mass is 32.2. The Morgan fingerprint density at radius 2 is 2.11 bits per heavy atom. The molecule has 6 nitrogen and oxygen atoms in total. The molecule has 0 aromatic heterocycles. The van der Waals surface area contributed by atoms with Crippen molar-refractivity contribution < 1.29 is 14.8 Å². The van der Waals surface area contributed by atoms with Crippen LogP contribution in [0.5, 0.6) is 0 Å². The molecule has 96 valence electrons. The van der Waals surface area contributed by atoms with Gasteiger partial charge in [-0.3, -0.25) is 14.3 Å². The summed E-state index contributed by atoms with van der Waals surface area (Å²) < 4.78 is 2.90. The Bertz CT molecular complexity index is 488. The van der Waals surface area contributed by atoms with Crippen molar-refractivity contribution in [1.82, 2.24) is 4.72 Å². The van der Waals surface area contributed by atoms with Crippen LogP contribution in [0.25, 0.3) is 0 Å². The van der Waals surface area contributed by atoms with Crippen LogP contribution in [0.15, 0.2) is 34.3 Å². The minimum atomic E-state index is -0.739. The number of ketones is 1. The van der Waals surface area contributed by atoms with E-state index in [4.69, 9.17) is 5.21 Å². The summed E-state index contributed by atoms with van der Waals surface area (Å²) in [6, 6.07) is 7.03. The Balaban J connectivity index is 2.81. The number of hydrogen-bond donors (Lipinski definition) is 3. The molecule has 1 amide bonds. The average Bonchev–Trinajstić information content (AvgIpc) is 2.30. The van der Waals surface area contributed by atoms with Gasteiger partial charge in [-0.15, -0.1) is 0 Å². The second-order valence-electron chi connectivity index (χ2n) is 3.29. The zero-order chi connectivity index (χ0) is 13.5. The van der Waals surface area contributed by atoms with E-state index in [9.17, 15) is 9.59 Å². The van der Waals surface area contributed by atoms with Crippen LogP contribution in [0.2, 0.25) is 0 Å². The zero-order valence-corrected chi connectivity index (χ0v) is 10.7. The molecule has 0 unspecified atom stereocenters. The lowest BCUT2D eigenvalue weighted by Crippen LogP contribution is -2.28. The van der Waals surface area contributed by atoms with Crippen LogP contribution >= 0.6 is 11.9 Å². The number of hydrogen-bond acceptors (Lipinski definition) is 6. The molecule has 0 aliphatic heterocycles. The summed E-state index contributed by atoms with van der Waals surface area (Å²) in [5, 5.41) is 13.7. The van der Waals surface area contributed by atoms with Crippen LogP contribution in [0.4, 0.5) is 5.69 Å². The van der Waals surface area contributed by atoms with Gasteiger partial charge in [0.05, 0.1) is 0 Å². The van der Waals surface area contributed by atoms with Crippen LogP contribution in [-0.4, -0.2) is 29.7 Å². The number of carbonyl (C=O) groups is 2. The van der Waals surface area contributed by atoms with Crippen molar-refractivity contribution in [1.29, 1.82) is 0 Å². The first kappa shape index (κ1) is 14.2. The number of nitrogens with zero attached hydrogens (tertiary/aromatic N) is 1. The normalized spacial score (nSPS) is 11.1. The topological polar surface area (TPSA) is 90.8 Å². The summed E-state index contributed by atoms with van der Waals surface area (Å²) in [6.07, 6.45) is 0. The fraction of sp³-hybridized carbons (Fsp3) is 0.182. The fourth-order valence-electron chi connectivity index (χ4n) is 1.22. The van der Waals surface area contributed by atoms with E-state index in [0.717, 1.165) is 11.8 Å². The molecule has 3 N–H and O–H groups in total. The summed E-state index contributed by atoms with van der Waals surface area (Å²) in [6.45, 7) is 1.15. The van der Waals surface area contributed by atoms with Crippen molar-refractivity contribution in [3.05, 3.63) is 24.3 Å². The minimum Gasteiger partial charge on any atom is -0.410 e. The van der Waals surface area contributed by atoms with Crippen molar-refractivity contribution in [3.63, 3.8) is 0 Å². The Kier molecular flexibility index (Phi) is 5.34. The molecule has 0 saturated carbocycles. The van der Waals surface area contributed by atoms with Gasteiger partial charge in [0.2, 0.25) is 5.71 Å². The lowest BCUT2D eigenvalue weighted by molar-refractivity contribution is -0.114. The maximum absolute atomic E-state index is 11.6. The van der Waals surface area contributed by atoms with Crippen LogP contribution in [-0.2, 0) is 9.59 Å². The Morgan fingerprint density at radius 1 is 1.39 bits per heavy atom. The molecule has 0 aliphatic rings. The van der Waals surface area contributed by atoms with E-state index in [-0.39, 0.29) is 0 Å². The number of carbonyl (C=O) groups excluding carboxylic acids is 2. The molecule has 0 bridgehead atoms. The molecule has 1 aromatic carbocycles. The number of nitrogens with one attached hydrogen (secondary N) is 2. The molecule has 1 rings (SSSR count). The third-order valence-electron chi connectivity index (χ3n) is 1.96. The molecule has 0 atom stereocenters. The van der Waals surface area contributed by atoms with Crippen LogP contribution in [0, 0.1) is 0 Å². The average molecular weight is 267 g/mol. The number of benzene rings is 1. The Labute approximate surface area is 109 Å². The van der Waals surface area contributed by atoms with Crippen LogP contribution < -0.4 is 10.0 Å². The fourth-order valence-corrected chi connectivity index (χ4v) is 1.79. The summed E-state index contributed by atoms with van der Waals surface area (Å²) in [4.78, 5) is 23.5. The lowest BCUT2D eigenvalue weighted by Gasteiger charge is -2.06. The summed E-state index contributed by atoms with van der Waals surface area (Å²) in [5.41, 5.74) is -0.00989. The van der Waals surface area contributed by atoms with Crippen molar-refractivity contribution in [2.45, 2.75) is 11.8 Å². The number of Topliss-reactive ketones (excluding diaryl/α,β-unsaturated/α-hetero) is 1. The second-order valence-corrected chi connectivity index (χ2v) is 4.38. The van der Waals surface area contributed by atoms with Gasteiger partial charge >= 0.3 is 0 Å².